The van der Waals surface area contributed by atoms with Crippen molar-refractivity contribution < 1.29 is 13.9 Å². The number of aryl methyl sites for hydroxylation is 2. The van der Waals surface area contributed by atoms with Gasteiger partial charge in [-0.15, -0.1) is 0 Å². The third-order valence-electron chi connectivity index (χ3n) is 4.68. The number of carbonyl (C=O) groups is 1. The zero-order chi connectivity index (χ0) is 18.3. The van der Waals surface area contributed by atoms with Crippen LogP contribution in [0.2, 0.25) is 0 Å². The van der Waals surface area contributed by atoms with Gasteiger partial charge in [-0.05, 0) is 37.3 Å². The normalized spacial score (nSPS) is 17.7. The van der Waals surface area contributed by atoms with Gasteiger partial charge in [0.15, 0.2) is 5.82 Å². The van der Waals surface area contributed by atoms with Gasteiger partial charge >= 0.3 is 0 Å². The van der Waals surface area contributed by atoms with Crippen LogP contribution in [-0.2, 0) is 11.8 Å². The van der Waals surface area contributed by atoms with Crippen LogP contribution in [0.3, 0.4) is 0 Å². The highest BCUT2D eigenvalue weighted by molar-refractivity contribution is 5.98. The van der Waals surface area contributed by atoms with E-state index in [9.17, 15) is 9.18 Å². The summed E-state index contributed by atoms with van der Waals surface area (Å²) in [5, 5.41) is 0.711. The summed E-state index contributed by atoms with van der Waals surface area (Å²) in [4.78, 5) is 23.4. The van der Waals surface area contributed by atoms with Crippen molar-refractivity contribution in [1.29, 1.82) is 0 Å². The molecule has 6 nitrogen and oxygen atoms in total. The standard InChI is InChI=1S/C19H19FN4O2/c1-12-5-6-21-18(22-12)17-11-24(7-8-26-17)19(25)16-10-13-9-14(20)3-4-15(13)23(16)2/h3-6,9-10,17H,7-8,11H2,1-2H3. The second-order valence-corrected chi connectivity index (χ2v) is 6.46. The smallest absolute Gasteiger partial charge is 0.270 e. The molecule has 26 heavy (non-hydrogen) atoms. The van der Waals surface area contributed by atoms with Crippen LogP contribution < -0.4 is 0 Å². The summed E-state index contributed by atoms with van der Waals surface area (Å²) in [7, 11) is 1.81. The second kappa shape index (κ2) is 6.49. The highest BCUT2D eigenvalue weighted by Gasteiger charge is 2.29. The predicted octanol–water partition coefficient (Wildman–Crippen LogP) is 2.63. The number of carbonyl (C=O) groups excluding carboxylic acids is 1. The summed E-state index contributed by atoms with van der Waals surface area (Å²) in [6.07, 6.45) is 1.35. The number of hydrogen-bond donors (Lipinski definition) is 0. The minimum Gasteiger partial charge on any atom is -0.367 e. The van der Waals surface area contributed by atoms with Crippen LogP contribution in [0.4, 0.5) is 4.39 Å². The van der Waals surface area contributed by atoms with Crippen LogP contribution >= 0.6 is 0 Å². The zero-order valence-electron chi connectivity index (χ0n) is 14.6. The van der Waals surface area contributed by atoms with Crippen molar-refractivity contribution in [2.75, 3.05) is 19.7 Å². The Labute approximate surface area is 150 Å². The Morgan fingerprint density at radius 1 is 1.31 bits per heavy atom. The molecule has 1 fully saturated rings. The van der Waals surface area contributed by atoms with E-state index in [1.165, 1.54) is 12.1 Å². The largest absolute Gasteiger partial charge is 0.367 e. The summed E-state index contributed by atoms with van der Waals surface area (Å²) < 4.78 is 21.0. The molecule has 1 atom stereocenters. The number of morpholine rings is 1. The van der Waals surface area contributed by atoms with Crippen molar-refractivity contribution in [3.05, 3.63) is 59.6 Å². The van der Waals surface area contributed by atoms with Crippen molar-refractivity contribution in [3.8, 4) is 0 Å². The lowest BCUT2D eigenvalue weighted by Crippen LogP contribution is -2.43. The summed E-state index contributed by atoms with van der Waals surface area (Å²) in [6, 6.07) is 8.08. The molecule has 0 N–H and O–H groups in total. The van der Waals surface area contributed by atoms with E-state index in [1.807, 2.05) is 20.0 Å². The van der Waals surface area contributed by atoms with Crippen LogP contribution in [-0.4, -0.2) is 45.0 Å². The molecule has 3 aromatic rings. The van der Waals surface area contributed by atoms with Gasteiger partial charge in [-0.2, -0.15) is 0 Å². The molecule has 0 aliphatic carbocycles. The Balaban J connectivity index is 1.61. The molecule has 2 aromatic heterocycles. The van der Waals surface area contributed by atoms with E-state index in [4.69, 9.17) is 4.74 Å². The highest BCUT2D eigenvalue weighted by atomic mass is 19.1. The minimum absolute atomic E-state index is 0.106. The number of ether oxygens (including phenoxy) is 1. The highest BCUT2D eigenvalue weighted by Crippen LogP contribution is 2.24. The van der Waals surface area contributed by atoms with E-state index in [-0.39, 0.29) is 17.8 Å². The molecule has 7 heteroatoms. The molecule has 1 unspecified atom stereocenters. The Morgan fingerprint density at radius 3 is 2.96 bits per heavy atom. The van der Waals surface area contributed by atoms with Crippen molar-refractivity contribution in [2.24, 2.45) is 7.05 Å². The predicted molar refractivity (Wildman–Crippen MR) is 94.2 cm³/mol. The molecule has 134 valence electrons. The van der Waals surface area contributed by atoms with E-state index in [0.29, 0.717) is 36.6 Å². The maximum absolute atomic E-state index is 13.5. The number of rotatable bonds is 2. The number of amides is 1. The summed E-state index contributed by atoms with van der Waals surface area (Å²) in [6.45, 7) is 3.20. The molecule has 3 heterocycles. The summed E-state index contributed by atoms with van der Waals surface area (Å²) in [5.41, 5.74) is 2.20. The molecular weight excluding hydrogens is 335 g/mol. The zero-order valence-corrected chi connectivity index (χ0v) is 14.6. The van der Waals surface area contributed by atoms with Crippen LogP contribution in [0.25, 0.3) is 10.9 Å². The maximum atomic E-state index is 13.5. The first kappa shape index (κ1) is 16.7. The molecule has 0 radical (unpaired) electrons. The SMILES string of the molecule is Cc1ccnc(C2CN(C(=O)c3cc4cc(F)ccc4n3C)CCO2)n1. The molecular formula is C19H19FN4O2. The van der Waals surface area contributed by atoms with E-state index >= 15 is 0 Å². The van der Waals surface area contributed by atoms with E-state index < -0.39 is 0 Å². The molecule has 1 aromatic carbocycles. The van der Waals surface area contributed by atoms with Crippen LogP contribution in [0, 0.1) is 12.7 Å². The molecule has 1 aliphatic rings. The van der Waals surface area contributed by atoms with Gasteiger partial charge in [-0.3, -0.25) is 4.79 Å². The lowest BCUT2D eigenvalue weighted by molar-refractivity contribution is -0.0271. The molecule has 0 spiro atoms. The molecule has 4 rings (SSSR count). The molecule has 1 saturated heterocycles. The van der Waals surface area contributed by atoms with E-state index in [1.54, 1.807) is 27.8 Å². The van der Waals surface area contributed by atoms with Crippen LogP contribution in [0.5, 0.6) is 0 Å². The van der Waals surface area contributed by atoms with Gasteiger partial charge in [0.05, 0.1) is 13.2 Å². The fourth-order valence-electron chi connectivity index (χ4n) is 3.30. The van der Waals surface area contributed by atoms with Crippen molar-refractivity contribution >= 4 is 16.8 Å². The fourth-order valence-corrected chi connectivity index (χ4v) is 3.30. The van der Waals surface area contributed by atoms with Crippen molar-refractivity contribution in [3.63, 3.8) is 0 Å². The first-order chi connectivity index (χ1) is 12.5. The molecule has 1 aliphatic heterocycles. The quantitative estimate of drug-likeness (QED) is 0.710. The number of nitrogens with zero attached hydrogens (tertiary/aromatic N) is 4. The molecule has 0 bridgehead atoms. The van der Waals surface area contributed by atoms with Gasteiger partial charge in [-0.25, -0.2) is 14.4 Å². The third kappa shape index (κ3) is 2.94. The number of halogens is 1. The summed E-state index contributed by atoms with van der Waals surface area (Å²) >= 11 is 0. The Morgan fingerprint density at radius 2 is 2.15 bits per heavy atom. The van der Waals surface area contributed by atoms with E-state index in [2.05, 4.69) is 9.97 Å². The number of benzene rings is 1. The third-order valence-corrected chi connectivity index (χ3v) is 4.68. The van der Waals surface area contributed by atoms with Gasteiger partial charge in [0.1, 0.15) is 17.6 Å². The topological polar surface area (TPSA) is 60.2 Å². The number of hydrogen-bond acceptors (Lipinski definition) is 4. The average molecular weight is 354 g/mol. The lowest BCUT2D eigenvalue weighted by atomic mass is 10.2. The van der Waals surface area contributed by atoms with Gasteiger partial charge in [0, 0.05) is 36.4 Å². The molecule has 1 amide bonds. The number of fused-ring (bicyclic) bond motifs is 1. The summed E-state index contributed by atoms with van der Waals surface area (Å²) in [5.74, 6) is 0.164. The number of aromatic nitrogens is 3. The second-order valence-electron chi connectivity index (χ2n) is 6.46. The fraction of sp³-hybridized carbons (Fsp3) is 0.316. The Hall–Kier alpha value is -2.80. The van der Waals surface area contributed by atoms with Crippen molar-refractivity contribution in [1.82, 2.24) is 19.4 Å². The van der Waals surface area contributed by atoms with Gasteiger partial charge in [0.25, 0.3) is 5.91 Å². The lowest BCUT2D eigenvalue weighted by Gasteiger charge is -2.32. The molecule has 0 saturated carbocycles. The van der Waals surface area contributed by atoms with Crippen LogP contribution in [0.15, 0.2) is 36.5 Å². The maximum Gasteiger partial charge on any atom is 0.270 e. The Kier molecular flexibility index (Phi) is 4.16. The van der Waals surface area contributed by atoms with Gasteiger partial charge in [-0.1, -0.05) is 0 Å². The van der Waals surface area contributed by atoms with Gasteiger partial charge < -0.3 is 14.2 Å². The first-order valence-electron chi connectivity index (χ1n) is 8.48. The monoisotopic (exact) mass is 354 g/mol. The van der Waals surface area contributed by atoms with Crippen molar-refractivity contribution in [2.45, 2.75) is 13.0 Å². The van der Waals surface area contributed by atoms with Crippen LogP contribution in [0.1, 0.15) is 28.1 Å². The first-order valence-corrected chi connectivity index (χ1v) is 8.48. The minimum atomic E-state index is -0.347. The Bertz CT molecular complexity index is 985. The van der Waals surface area contributed by atoms with E-state index in [0.717, 1.165) is 11.2 Å². The van der Waals surface area contributed by atoms with Gasteiger partial charge in [0.2, 0.25) is 0 Å². The average Bonchev–Trinajstić information content (AvgIpc) is 2.97.